The Morgan fingerprint density at radius 2 is 1.79 bits per heavy atom. The highest BCUT2D eigenvalue weighted by molar-refractivity contribution is 9.10. The lowest BCUT2D eigenvalue weighted by atomic mass is 10.1. The average Bonchev–Trinajstić information content (AvgIpc) is 2.27. The van der Waals surface area contributed by atoms with Crippen molar-refractivity contribution in [2.45, 2.75) is 4.83 Å². The van der Waals surface area contributed by atoms with Gasteiger partial charge in [-0.25, -0.2) is 0 Å². The summed E-state index contributed by atoms with van der Waals surface area (Å²) in [6.07, 6.45) is 0. The molecule has 1 unspecified atom stereocenters. The largest absolute Gasteiger partial charge is 0.297 e. The summed E-state index contributed by atoms with van der Waals surface area (Å²) in [5.74, 6) is -0.367. The number of rotatable bonds is 4. The van der Waals surface area contributed by atoms with Gasteiger partial charge in [-0.2, -0.15) is 0 Å². The van der Waals surface area contributed by atoms with Gasteiger partial charge in [-0.3, -0.25) is 9.59 Å². The maximum Gasteiger partial charge on any atom is 0.183 e. The smallest absolute Gasteiger partial charge is 0.183 e. The minimum Gasteiger partial charge on any atom is -0.297 e. The van der Waals surface area contributed by atoms with Crippen molar-refractivity contribution in [3.8, 4) is 0 Å². The molecular formula is C10H8Br2O2. The van der Waals surface area contributed by atoms with E-state index >= 15 is 0 Å². The van der Waals surface area contributed by atoms with Gasteiger partial charge in [0.25, 0.3) is 0 Å². The molecule has 1 rings (SSSR count). The Morgan fingerprint density at radius 3 is 2.29 bits per heavy atom. The highest BCUT2D eigenvalue weighted by Crippen LogP contribution is 2.12. The molecule has 0 bridgehead atoms. The molecular weight excluding hydrogens is 312 g/mol. The first-order valence-electron chi connectivity index (χ1n) is 3.99. The Labute approximate surface area is 98.9 Å². The lowest BCUT2D eigenvalue weighted by Crippen LogP contribution is -2.25. The molecule has 2 nitrogen and oxygen atoms in total. The van der Waals surface area contributed by atoms with Crippen LogP contribution in [0.25, 0.3) is 0 Å². The van der Waals surface area contributed by atoms with Crippen LogP contribution in [0.5, 0.6) is 0 Å². The van der Waals surface area contributed by atoms with Crippen molar-refractivity contribution in [1.29, 1.82) is 0 Å². The van der Waals surface area contributed by atoms with Crippen LogP contribution < -0.4 is 0 Å². The van der Waals surface area contributed by atoms with E-state index in [2.05, 4.69) is 31.9 Å². The number of halogens is 2. The first-order valence-corrected chi connectivity index (χ1v) is 6.02. The van der Waals surface area contributed by atoms with Gasteiger partial charge < -0.3 is 0 Å². The second-order valence-corrected chi connectivity index (χ2v) is 4.17. The molecule has 0 radical (unpaired) electrons. The third kappa shape index (κ3) is 2.75. The fourth-order valence-corrected chi connectivity index (χ4v) is 2.15. The first kappa shape index (κ1) is 11.6. The number of carbonyl (C=O) groups excluding carboxylic acids is 2. The van der Waals surface area contributed by atoms with Gasteiger partial charge in [-0.05, 0) is 0 Å². The molecule has 0 saturated carbocycles. The van der Waals surface area contributed by atoms with Crippen molar-refractivity contribution in [3.05, 3.63) is 35.9 Å². The van der Waals surface area contributed by atoms with E-state index in [9.17, 15) is 9.59 Å². The van der Waals surface area contributed by atoms with Crippen LogP contribution in [-0.2, 0) is 4.79 Å². The fraction of sp³-hybridized carbons (Fsp3) is 0.200. The normalized spacial score (nSPS) is 12.1. The van der Waals surface area contributed by atoms with Crippen molar-refractivity contribution in [2.24, 2.45) is 0 Å². The van der Waals surface area contributed by atoms with E-state index in [1.54, 1.807) is 24.3 Å². The van der Waals surface area contributed by atoms with Gasteiger partial charge in [-0.1, -0.05) is 62.2 Å². The molecule has 4 heteroatoms. The van der Waals surface area contributed by atoms with E-state index in [4.69, 9.17) is 0 Å². The van der Waals surface area contributed by atoms with Crippen LogP contribution in [0, 0.1) is 0 Å². The quantitative estimate of drug-likeness (QED) is 0.485. The summed E-state index contributed by atoms with van der Waals surface area (Å²) >= 11 is 6.10. The van der Waals surface area contributed by atoms with Crippen LogP contribution in [0.3, 0.4) is 0 Å². The highest BCUT2D eigenvalue weighted by Gasteiger charge is 2.22. The molecule has 0 aliphatic heterocycles. The molecule has 1 atom stereocenters. The Hall–Kier alpha value is -0.480. The summed E-state index contributed by atoms with van der Waals surface area (Å²) in [5.41, 5.74) is 0.545. The molecule has 1 aromatic carbocycles. The van der Waals surface area contributed by atoms with Gasteiger partial charge in [0.1, 0.15) is 4.83 Å². The number of hydrogen-bond acceptors (Lipinski definition) is 2. The zero-order chi connectivity index (χ0) is 10.6. The first-order chi connectivity index (χ1) is 6.66. The van der Waals surface area contributed by atoms with Gasteiger partial charge >= 0.3 is 0 Å². The van der Waals surface area contributed by atoms with E-state index in [0.29, 0.717) is 5.56 Å². The van der Waals surface area contributed by atoms with Crippen molar-refractivity contribution in [2.75, 3.05) is 5.33 Å². The van der Waals surface area contributed by atoms with Crippen molar-refractivity contribution in [3.63, 3.8) is 0 Å². The fourth-order valence-electron chi connectivity index (χ4n) is 0.963. The molecule has 74 valence electrons. The van der Waals surface area contributed by atoms with Crippen LogP contribution in [0.4, 0.5) is 0 Å². The maximum absolute atomic E-state index is 11.7. The third-order valence-electron chi connectivity index (χ3n) is 1.70. The molecule has 0 aliphatic rings. The van der Waals surface area contributed by atoms with Gasteiger partial charge in [0.2, 0.25) is 0 Å². The minimum atomic E-state index is -0.746. The molecule has 0 fully saturated rings. The lowest BCUT2D eigenvalue weighted by Gasteiger charge is -2.05. The molecule has 0 aliphatic carbocycles. The van der Waals surface area contributed by atoms with E-state index in [1.807, 2.05) is 6.07 Å². The second kappa shape index (κ2) is 5.41. The predicted molar refractivity (Wildman–Crippen MR) is 62.3 cm³/mol. The molecule has 0 saturated heterocycles. The topological polar surface area (TPSA) is 34.1 Å². The number of ketones is 2. The molecule has 0 spiro atoms. The summed E-state index contributed by atoms with van der Waals surface area (Å²) in [6, 6.07) is 8.75. The van der Waals surface area contributed by atoms with Gasteiger partial charge in [0.05, 0.1) is 5.33 Å². The molecule has 0 amide bonds. The van der Waals surface area contributed by atoms with Crippen LogP contribution >= 0.6 is 31.9 Å². The molecule has 0 heterocycles. The van der Waals surface area contributed by atoms with Crippen LogP contribution in [-0.4, -0.2) is 21.7 Å². The van der Waals surface area contributed by atoms with Crippen molar-refractivity contribution < 1.29 is 9.59 Å². The Kier molecular flexibility index (Phi) is 4.48. The highest BCUT2D eigenvalue weighted by atomic mass is 79.9. The standard InChI is InChI=1S/C10H8Br2O2/c11-6-8(13)9(12)10(14)7-4-2-1-3-5-7/h1-5,9H,6H2. The Bertz CT molecular complexity index is 335. The van der Waals surface area contributed by atoms with Crippen molar-refractivity contribution >= 4 is 43.4 Å². The van der Waals surface area contributed by atoms with Crippen LogP contribution in [0.2, 0.25) is 0 Å². The SMILES string of the molecule is O=C(CBr)C(Br)C(=O)c1ccccc1. The van der Waals surface area contributed by atoms with Crippen molar-refractivity contribution in [1.82, 2.24) is 0 Å². The number of Topliss-reactive ketones (excluding diaryl/α,β-unsaturated/α-hetero) is 2. The van der Waals surface area contributed by atoms with Gasteiger partial charge in [0.15, 0.2) is 11.6 Å². The van der Waals surface area contributed by atoms with E-state index in [0.717, 1.165) is 0 Å². The minimum absolute atomic E-state index is 0.168. The maximum atomic E-state index is 11.7. The zero-order valence-corrected chi connectivity index (χ0v) is 10.4. The summed E-state index contributed by atoms with van der Waals surface area (Å²) in [6.45, 7) is 0. The molecule has 0 N–H and O–H groups in total. The summed E-state index contributed by atoms with van der Waals surface area (Å²) in [7, 11) is 0. The predicted octanol–water partition coefficient (Wildman–Crippen LogP) is 2.60. The summed E-state index contributed by atoms with van der Waals surface area (Å²) < 4.78 is 0. The van der Waals surface area contributed by atoms with Crippen LogP contribution in [0.1, 0.15) is 10.4 Å². The molecule has 14 heavy (non-hydrogen) atoms. The van der Waals surface area contributed by atoms with E-state index in [-0.39, 0.29) is 16.9 Å². The summed E-state index contributed by atoms with van der Waals surface area (Å²) in [5, 5.41) is 0.182. The number of carbonyl (C=O) groups is 2. The molecule has 1 aromatic rings. The monoisotopic (exact) mass is 318 g/mol. The summed E-state index contributed by atoms with van der Waals surface area (Å²) in [4.78, 5) is 22.1. The van der Waals surface area contributed by atoms with Gasteiger partial charge in [-0.15, -0.1) is 0 Å². The number of benzene rings is 1. The Balaban J connectivity index is 2.81. The number of hydrogen-bond donors (Lipinski definition) is 0. The van der Waals surface area contributed by atoms with Crippen LogP contribution in [0.15, 0.2) is 30.3 Å². The van der Waals surface area contributed by atoms with E-state index in [1.165, 1.54) is 0 Å². The average molecular weight is 320 g/mol. The lowest BCUT2D eigenvalue weighted by molar-refractivity contribution is -0.115. The van der Waals surface area contributed by atoms with Gasteiger partial charge in [0, 0.05) is 5.56 Å². The zero-order valence-electron chi connectivity index (χ0n) is 7.24. The third-order valence-corrected chi connectivity index (χ3v) is 3.18. The number of alkyl halides is 2. The van der Waals surface area contributed by atoms with E-state index < -0.39 is 4.83 Å². The molecule has 0 aromatic heterocycles. The second-order valence-electron chi connectivity index (χ2n) is 2.69. The Morgan fingerprint density at radius 1 is 1.21 bits per heavy atom.